The monoisotopic (exact) mass is 448 g/mol. The van der Waals surface area contributed by atoms with Gasteiger partial charge in [0.25, 0.3) is 0 Å². The Labute approximate surface area is 193 Å². The number of halogens is 1. The first-order valence-electron chi connectivity index (χ1n) is 12.0. The second-order valence-corrected chi connectivity index (χ2v) is 9.16. The number of rotatable bonds is 8. The second-order valence-electron chi connectivity index (χ2n) is 9.16. The van der Waals surface area contributed by atoms with Crippen molar-refractivity contribution in [2.45, 2.75) is 33.4 Å². The van der Waals surface area contributed by atoms with Gasteiger partial charge in [-0.05, 0) is 30.2 Å². The molecule has 1 aromatic carbocycles. The quantitative estimate of drug-likeness (QED) is 0.469. The van der Waals surface area contributed by atoms with Crippen molar-refractivity contribution in [3.8, 4) is 0 Å². The van der Waals surface area contributed by atoms with Crippen molar-refractivity contribution >= 4 is 11.6 Å². The summed E-state index contributed by atoms with van der Waals surface area (Å²) in [6, 6.07) is 5.54. The number of nitrogens with zero attached hydrogens (tertiary/aromatic N) is 4. The van der Waals surface area contributed by atoms with E-state index in [1.807, 2.05) is 12.1 Å². The van der Waals surface area contributed by atoms with Crippen LogP contribution in [0.2, 0.25) is 0 Å². The van der Waals surface area contributed by atoms with Crippen molar-refractivity contribution in [2.75, 3.05) is 77.5 Å². The standard InChI is InChI=1S/C24H41FN6O/c1-5-29-8-10-31(11-9-29)23-7-6-20(14-22(23)25)15-27-24(26-4)28-16-21-18-30(12-13-32-21)17-19(2)3/h6-7,14,19,21H,5,8-13,15-18H2,1-4H3,(H2,26,27,28). The Balaban J connectivity index is 1.45. The van der Waals surface area contributed by atoms with Gasteiger partial charge in [0.15, 0.2) is 5.96 Å². The number of hydrogen-bond acceptors (Lipinski definition) is 5. The third kappa shape index (κ3) is 7.32. The molecule has 1 aromatic rings. The number of hydrogen-bond donors (Lipinski definition) is 2. The molecule has 2 aliphatic heterocycles. The average Bonchev–Trinajstić information content (AvgIpc) is 2.79. The summed E-state index contributed by atoms with van der Waals surface area (Å²) in [4.78, 5) is 11.3. The first-order chi connectivity index (χ1) is 15.5. The van der Waals surface area contributed by atoms with Crippen LogP contribution in [-0.4, -0.2) is 94.4 Å². The minimum Gasteiger partial charge on any atom is -0.374 e. The molecule has 1 unspecified atom stereocenters. The number of anilines is 1. The molecule has 2 fully saturated rings. The summed E-state index contributed by atoms with van der Waals surface area (Å²) in [6.45, 7) is 16.5. The first kappa shape index (κ1) is 24.7. The van der Waals surface area contributed by atoms with E-state index in [4.69, 9.17) is 4.74 Å². The molecule has 3 rings (SSSR count). The molecule has 2 N–H and O–H groups in total. The predicted molar refractivity (Wildman–Crippen MR) is 130 cm³/mol. The molecule has 180 valence electrons. The lowest BCUT2D eigenvalue weighted by Crippen LogP contribution is -2.50. The molecule has 32 heavy (non-hydrogen) atoms. The molecule has 2 saturated heterocycles. The summed E-state index contributed by atoms with van der Waals surface area (Å²) in [5, 5.41) is 6.64. The van der Waals surface area contributed by atoms with E-state index in [0.29, 0.717) is 30.7 Å². The number of likely N-dealkylation sites (N-methyl/N-ethyl adjacent to an activating group) is 1. The Kier molecular flexibility index (Phi) is 9.56. The van der Waals surface area contributed by atoms with Gasteiger partial charge in [-0.1, -0.05) is 26.8 Å². The minimum atomic E-state index is -0.155. The van der Waals surface area contributed by atoms with Crippen LogP contribution < -0.4 is 15.5 Å². The summed E-state index contributed by atoms with van der Waals surface area (Å²) in [6.07, 6.45) is 0.144. The van der Waals surface area contributed by atoms with Crippen molar-refractivity contribution in [1.29, 1.82) is 0 Å². The summed E-state index contributed by atoms with van der Waals surface area (Å²) in [7, 11) is 1.75. The van der Waals surface area contributed by atoms with Crippen LogP contribution in [0.1, 0.15) is 26.3 Å². The van der Waals surface area contributed by atoms with Gasteiger partial charge >= 0.3 is 0 Å². The summed E-state index contributed by atoms with van der Waals surface area (Å²) < 4.78 is 20.7. The normalized spacial score (nSPS) is 21.2. The van der Waals surface area contributed by atoms with Gasteiger partial charge in [0.2, 0.25) is 0 Å². The largest absolute Gasteiger partial charge is 0.374 e. The predicted octanol–water partition coefficient (Wildman–Crippen LogP) is 1.99. The van der Waals surface area contributed by atoms with Crippen LogP contribution >= 0.6 is 0 Å². The van der Waals surface area contributed by atoms with Gasteiger partial charge in [-0.2, -0.15) is 0 Å². The fourth-order valence-electron chi connectivity index (χ4n) is 4.42. The Bertz CT molecular complexity index is 735. The van der Waals surface area contributed by atoms with E-state index >= 15 is 0 Å². The highest BCUT2D eigenvalue weighted by molar-refractivity contribution is 5.79. The van der Waals surface area contributed by atoms with Gasteiger partial charge < -0.3 is 25.2 Å². The SMILES string of the molecule is CCN1CCN(c2ccc(CNC(=NC)NCC3CN(CC(C)C)CCO3)cc2F)CC1. The number of guanidine groups is 1. The van der Waals surface area contributed by atoms with Crippen LogP contribution in [0.25, 0.3) is 0 Å². The molecule has 1 atom stereocenters. The van der Waals surface area contributed by atoms with Crippen molar-refractivity contribution in [1.82, 2.24) is 20.4 Å². The maximum Gasteiger partial charge on any atom is 0.191 e. The molecule has 0 amide bonds. The molecule has 7 nitrogen and oxygen atoms in total. The highest BCUT2D eigenvalue weighted by atomic mass is 19.1. The Morgan fingerprint density at radius 2 is 1.94 bits per heavy atom. The minimum absolute atomic E-state index is 0.144. The topological polar surface area (TPSA) is 55.4 Å². The molecule has 2 aliphatic rings. The van der Waals surface area contributed by atoms with Crippen LogP contribution in [0.5, 0.6) is 0 Å². The molecular formula is C24H41FN6O. The third-order valence-corrected chi connectivity index (χ3v) is 6.20. The number of morpholine rings is 1. The summed E-state index contributed by atoms with van der Waals surface area (Å²) in [5.74, 6) is 1.21. The maximum atomic E-state index is 14.8. The molecule has 0 saturated carbocycles. The highest BCUT2D eigenvalue weighted by Crippen LogP contribution is 2.22. The summed E-state index contributed by atoms with van der Waals surface area (Å²) in [5.41, 5.74) is 1.60. The molecular weight excluding hydrogens is 407 g/mol. The molecule has 0 bridgehead atoms. The van der Waals surface area contributed by atoms with E-state index in [0.717, 1.165) is 64.5 Å². The van der Waals surface area contributed by atoms with Crippen molar-refractivity contribution < 1.29 is 9.13 Å². The third-order valence-electron chi connectivity index (χ3n) is 6.20. The summed E-state index contributed by atoms with van der Waals surface area (Å²) >= 11 is 0. The Morgan fingerprint density at radius 1 is 1.16 bits per heavy atom. The smallest absolute Gasteiger partial charge is 0.191 e. The van der Waals surface area contributed by atoms with Crippen LogP contribution in [0.4, 0.5) is 10.1 Å². The van der Waals surface area contributed by atoms with E-state index < -0.39 is 0 Å². The number of benzene rings is 1. The number of nitrogens with one attached hydrogen (secondary N) is 2. The van der Waals surface area contributed by atoms with E-state index in [1.54, 1.807) is 13.1 Å². The van der Waals surface area contributed by atoms with Crippen molar-refractivity contribution in [3.05, 3.63) is 29.6 Å². The number of piperazine rings is 1. The van der Waals surface area contributed by atoms with Crippen LogP contribution in [-0.2, 0) is 11.3 Å². The molecule has 0 radical (unpaired) electrons. The Morgan fingerprint density at radius 3 is 2.59 bits per heavy atom. The van der Waals surface area contributed by atoms with Crippen LogP contribution in [0, 0.1) is 11.7 Å². The molecule has 2 heterocycles. The van der Waals surface area contributed by atoms with E-state index in [-0.39, 0.29) is 11.9 Å². The van der Waals surface area contributed by atoms with E-state index in [9.17, 15) is 4.39 Å². The second kappa shape index (κ2) is 12.4. The number of ether oxygens (including phenoxy) is 1. The van der Waals surface area contributed by atoms with Crippen molar-refractivity contribution in [3.63, 3.8) is 0 Å². The Hall–Kier alpha value is -1.90. The van der Waals surface area contributed by atoms with E-state index in [1.165, 1.54) is 0 Å². The fourth-order valence-corrected chi connectivity index (χ4v) is 4.42. The van der Waals surface area contributed by atoms with Crippen LogP contribution in [0.15, 0.2) is 23.2 Å². The number of aliphatic imine (C=N–C) groups is 1. The van der Waals surface area contributed by atoms with Gasteiger partial charge in [-0.3, -0.25) is 9.89 Å². The zero-order valence-corrected chi connectivity index (χ0v) is 20.2. The highest BCUT2D eigenvalue weighted by Gasteiger charge is 2.21. The molecule has 0 aromatic heterocycles. The van der Waals surface area contributed by atoms with Crippen molar-refractivity contribution in [2.24, 2.45) is 10.9 Å². The lowest BCUT2D eigenvalue weighted by Gasteiger charge is -2.35. The fraction of sp³-hybridized carbons (Fsp3) is 0.708. The zero-order valence-electron chi connectivity index (χ0n) is 20.2. The first-order valence-corrected chi connectivity index (χ1v) is 12.0. The molecule has 0 aliphatic carbocycles. The van der Waals surface area contributed by atoms with Gasteiger partial charge in [0.1, 0.15) is 5.82 Å². The zero-order chi connectivity index (χ0) is 22.9. The lowest BCUT2D eigenvalue weighted by atomic mass is 10.1. The van der Waals surface area contributed by atoms with Gasteiger partial charge in [0.05, 0.1) is 18.4 Å². The van der Waals surface area contributed by atoms with Gasteiger partial charge in [-0.15, -0.1) is 0 Å². The average molecular weight is 449 g/mol. The lowest BCUT2D eigenvalue weighted by molar-refractivity contribution is -0.0284. The van der Waals surface area contributed by atoms with Gasteiger partial charge in [0, 0.05) is 66.0 Å². The van der Waals surface area contributed by atoms with Gasteiger partial charge in [-0.25, -0.2) is 4.39 Å². The molecule has 0 spiro atoms. The molecule has 8 heteroatoms. The van der Waals surface area contributed by atoms with Crippen LogP contribution in [0.3, 0.4) is 0 Å². The maximum absolute atomic E-state index is 14.8. The van der Waals surface area contributed by atoms with E-state index in [2.05, 4.69) is 51.1 Å².